The fourth-order valence-corrected chi connectivity index (χ4v) is 6.67. The second-order valence-electron chi connectivity index (χ2n) is 12.8. The Morgan fingerprint density at radius 3 is 2.17 bits per heavy atom. The van der Waals surface area contributed by atoms with Gasteiger partial charge in [0.15, 0.2) is 0 Å². The van der Waals surface area contributed by atoms with Crippen molar-refractivity contribution in [2.24, 2.45) is 13.0 Å². The lowest BCUT2D eigenvalue weighted by molar-refractivity contribution is -0.138. The molecule has 11 nitrogen and oxygen atoms in total. The van der Waals surface area contributed by atoms with Crippen LogP contribution in [-0.2, 0) is 34.4 Å². The number of nitrogens with zero attached hydrogens (tertiary/aromatic N) is 4. The van der Waals surface area contributed by atoms with Gasteiger partial charge in [-0.15, -0.1) is 0 Å². The maximum absolute atomic E-state index is 13.7. The largest absolute Gasteiger partial charge is 0.344 e. The van der Waals surface area contributed by atoms with Gasteiger partial charge in [-0.05, 0) is 60.2 Å². The fraction of sp³-hybridized carbons (Fsp3) is 0.472. The smallest absolute Gasteiger partial charge is 0.270 e. The maximum Gasteiger partial charge on any atom is 0.270 e. The van der Waals surface area contributed by atoms with E-state index in [0.717, 1.165) is 57.3 Å². The zero-order chi connectivity index (χ0) is 34.0. The molecule has 0 bridgehead atoms. The summed E-state index contributed by atoms with van der Waals surface area (Å²) in [5.41, 5.74) is 3.02. The Bertz CT molecular complexity index is 1540. The number of aryl methyl sites for hydroxylation is 1. The number of carbonyl (C=O) groups excluding carboxylic acids is 4. The number of amides is 4. The molecule has 1 saturated carbocycles. The summed E-state index contributed by atoms with van der Waals surface area (Å²) in [7, 11) is 1.70. The van der Waals surface area contributed by atoms with E-state index in [2.05, 4.69) is 25.9 Å². The summed E-state index contributed by atoms with van der Waals surface area (Å²) < 4.78 is 1.49. The van der Waals surface area contributed by atoms with Crippen LogP contribution < -0.4 is 16.0 Å². The van der Waals surface area contributed by atoms with Gasteiger partial charge in [0, 0.05) is 69.5 Å². The molecule has 48 heavy (non-hydrogen) atoms. The van der Waals surface area contributed by atoms with Crippen LogP contribution in [0.1, 0.15) is 67.1 Å². The molecular formula is C36H46ClN7O4. The van der Waals surface area contributed by atoms with Crippen LogP contribution in [0.25, 0.3) is 0 Å². The van der Waals surface area contributed by atoms with Crippen LogP contribution in [-0.4, -0.2) is 81.5 Å². The first kappa shape index (κ1) is 35.1. The number of benzene rings is 2. The zero-order valence-corrected chi connectivity index (χ0v) is 28.5. The summed E-state index contributed by atoms with van der Waals surface area (Å²) in [5, 5.41) is 13.7. The third kappa shape index (κ3) is 9.44. The molecule has 2 heterocycles. The van der Waals surface area contributed by atoms with Crippen molar-refractivity contribution in [2.45, 2.75) is 70.5 Å². The molecule has 1 aliphatic heterocycles. The summed E-state index contributed by atoms with van der Waals surface area (Å²) in [6.45, 7) is 5.19. The van der Waals surface area contributed by atoms with Crippen molar-refractivity contribution in [2.75, 3.05) is 31.5 Å². The van der Waals surface area contributed by atoms with Gasteiger partial charge in [-0.1, -0.05) is 62.1 Å². The first-order valence-electron chi connectivity index (χ1n) is 16.9. The highest BCUT2D eigenvalue weighted by molar-refractivity contribution is 6.30. The van der Waals surface area contributed by atoms with Crippen molar-refractivity contribution < 1.29 is 19.2 Å². The fourth-order valence-electron chi connectivity index (χ4n) is 6.55. The lowest BCUT2D eigenvalue weighted by Crippen LogP contribution is -2.55. The molecule has 5 rings (SSSR count). The average Bonchev–Trinajstić information content (AvgIpc) is 3.54. The normalized spacial score (nSPS) is 16.9. The number of hydrogen-bond acceptors (Lipinski definition) is 6. The van der Waals surface area contributed by atoms with Gasteiger partial charge in [-0.3, -0.25) is 28.8 Å². The molecule has 2 fully saturated rings. The molecule has 1 aromatic heterocycles. The maximum atomic E-state index is 13.7. The van der Waals surface area contributed by atoms with E-state index in [4.69, 9.17) is 11.6 Å². The van der Waals surface area contributed by atoms with Gasteiger partial charge in [0.1, 0.15) is 17.8 Å². The number of anilines is 1. The Labute approximate surface area is 287 Å². The number of halogens is 1. The second-order valence-corrected chi connectivity index (χ2v) is 13.2. The van der Waals surface area contributed by atoms with Crippen molar-refractivity contribution in [1.29, 1.82) is 0 Å². The Morgan fingerprint density at radius 2 is 1.54 bits per heavy atom. The van der Waals surface area contributed by atoms with Gasteiger partial charge < -0.3 is 20.9 Å². The van der Waals surface area contributed by atoms with E-state index in [-0.39, 0.29) is 36.0 Å². The van der Waals surface area contributed by atoms with E-state index in [1.54, 1.807) is 38.4 Å². The number of nitrogens with one attached hydrogen (secondary N) is 3. The minimum Gasteiger partial charge on any atom is -0.344 e. The van der Waals surface area contributed by atoms with Crippen LogP contribution in [0.5, 0.6) is 0 Å². The lowest BCUT2D eigenvalue weighted by Gasteiger charge is -2.36. The summed E-state index contributed by atoms with van der Waals surface area (Å²) >= 11 is 6.02. The third-order valence-electron chi connectivity index (χ3n) is 9.36. The van der Waals surface area contributed by atoms with E-state index in [0.29, 0.717) is 35.9 Å². The van der Waals surface area contributed by atoms with E-state index >= 15 is 0 Å². The molecule has 12 heteroatoms. The molecular weight excluding hydrogens is 630 g/mol. The Morgan fingerprint density at radius 1 is 0.875 bits per heavy atom. The first-order chi connectivity index (χ1) is 23.2. The topological polar surface area (TPSA) is 129 Å². The molecule has 2 aliphatic rings. The van der Waals surface area contributed by atoms with Crippen LogP contribution in [0.15, 0.2) is 60.8 Å². The SMILES string of the molecule is CCC(=O)NC(Cc1ccc(NC(=O)[C@@H](NC(=O)c2ccnn2C)C2CCCCC2)cc1)C(=O)N1CCN(Cc2ccc(Cl)cc2)CC1. The minimum atomic E-state index is -0.696. The minimum absolute atomic E-state index is 0.0449. The van der Waals surface area contributed by atoms with Gasteiger partial charge in [0.2, 0.25) is 17.7 Å². The van der Waals surface area contributed by atoms with E-state index in [9.17, 15) is 19.2 Å². The van der Waals surface area contributed by atoms with Gasteiger partial charge in [-0.25, -0.2) is 0 Å². The molecule has 2 aromatic carbocycles. The monoisotopic (exact) mass is 675 g/mol. The highest BCUT2D eigenvalue weighted by Crippen LogP contribution is 2.28. The first-order valence-corrected chi connectivity index (χ1v) is 17.3. The molecule has 1 unspecified atom stereocenters. The highest BCUT2D eigenvalue weighted by Gasteiger charge is 2.32. The molecule has 2 atom stereocenters. The van der Waals surface area contributed by atoms with Crippen molar-refractivity contribution in [3.8, 4) is 0 Å². The molecule has 0 spiro atoms. The van der Waals surface area contributed by atoms with Crippen molar-refractivity contribution in [3.05, 3.63) is 82.6 Å². The lowest BCUT2D eigenvalue weighted by atomic mass is 9.83. The molecule has 3 aromatic rings. The Balaban J connectivity index is 1.20. The van der Waals surface area contributed by atoms with E-state index in [1.807, 2.05) is 41.3 Å². The third-order valence-corrected chi connectivity index (χ3v) is 9.61. The number of piperazine rings is 1. The van der Waals surface area contributed by atoms with Crippen molar-refractivity contribution >= 4 is 40.9 Å². The molecule has 4 amide bonds. The van der Waals surface area contributed by atoms with E-state index in [1.165, 1.54) is 10.2 Å². The van der Waals surface area contributed by atoms with Crippen LogP contribution in [0.2, 0.25) is 5.02 Å². The summed E-state index contributed by atoms with van der Waals surface area (Å²) in [5.74, 6) is -0.823. The average molecular weight is 676 g/mol. The number of rotatable bonds is 12. The zero-order valence-electron chi connectivity index (χ0n) is 27.8. The number of carbonyl (C=O) groups is 4. The van der Waals surface area contributed by atoms with Gasteiger partial charge in [0.05, 0.1) is 0 Å². The van der Waals surface area contributed by atoms with Crippen LogP contribution >= 0.6 is 11.6 Å². The quantitative estimate of drug-likeness (QED) is 0.264. The molecule has 3 N–H and O–H groups in total. The number of aromatic nitrogens is 2. The van der Waals surface area contributed by atoms with Gasteiger partial charge >= 0.3 is 0 Å². The molecule has 1 saturated heterocycles. The van der Waals surface area contributed by atoms with Gasteiger partial charge in [-0.2, -0.15) is 5.10 Å². The molecule has 1 aliphatic carbocycles. The number of hydrogen-bond donors (Lipinski definition) is 3. The van der Waals surface area contributed by atoms with Crippen molar-refractivity contribution in [1.82, 2.24) is 30.2 Å². The van der Waals surface area contributed by atoms with Crippen LogP contribution in [0.4, 0.5) is 5.69 Å². The molecule has 0 radical (unpaired) electrons. The second kappa shape index (κ2) is 16.7. The predicted octanol–water partition coefficient (Wildman–Crippen LogP) is 4.17. The van der Waals surface area contributed by atoms with Crippen LogP contribution in [0.3, 0.4) is 0 Å². The Kier molecular flexibility index (Phi) is 12.2. The Hall–Kier alpha value is -4.22. The standard InChI is InChI=1S/C36H46ClN7O4/c1-3-32(45)40-30(36(48)44-21-19-43(20-22-44)24-26-9-13-28(37)14-10-26)23-25-11-15-29(16-12-25)39-35(47)33(27-7-5-4-6-8-27)41-34(46)31-17-18-38-42(31)2/h9-18,27,30,33H,3-8,19-24H2,1-2H3,(H,39,47)(H,40,45)(H,41,46)/t30?,33-/m0/s1. The highest BCUT2D eigenvalue weighted by atomic mass is 35.5. The summed E-state index contributed by atoms with van der Waals surface area (Å²) in [6.07, 6.45) is 7.10. The summed E-state index contributed by atoms with van der Waals surface area (Å²) in [4.78, 5) is 56.8. The van der Waals surface area contributed by atoms with Crippen molar-refractivity contribution in [3.63, 3.8) is 0 Å². The van der Waals surface area contributed by atoms with Crippen LogP contribution in [0, 0.1) is 5.92 Å². The summed E-state index contributed by atoms with van der Waals surface area (Å²) in [6, 6.07) is 15.4. The van der Waals surface area contributed by atoms with Gasteiger partial charge in [0.25, 0.3) is 5.91 Å². The predicted molar refractivity (Wildman–Crippen MR) is 185 cm³/mol. The molecule has 256 valence electrons. The van der Waals surface area contributed by atoms with E-state index < -0.39 is 12.1 Å².